The second-order valence-corrected chi connectivity index (χ2v) is 5.33. The minimum atomic E-state index is -1.02. The normalized spacial score (nSPS) is 11.1. The van der Waals surface area contributed by atoms with Gasteiger partial charge in [0.25, 0.3) is 0 Å². The van der Waals surface area contributed by atoms with E-state index in [9.17, 15) is 13.6 Å². The van der Waals surface area contributed by atoms with Crippen LogP contribution in [0.1, 0.15) is 19.7 Å². The molecule has 0 aliphatic heterocycles. The highest BCUT2D eigenvalue weighted by molar-refractivity contribution is 9.10. The molecule has 0 unspecified atom stereocenters. The van der Waals surface area contributed by atoms with E-state index in [1.54, 1.807) is 13.8 Å². The number of carbonyl (C=O) groups is 1. The van der Waals surface area contributed by atoms with Crippen molar-refractivity contribution in [1.82, 2.24) is 10.1 Å². The number of Topliss-reactive ketones (excluding diaryl/α,β-unsaturated/α-hetero) is 1. The van der Waals surface area contributed by atoms with Gasteiger partial charge in [-0.2, -0.15) is 4.98 Å². The van der Waals surface area contributed by atoms with E-state index in [1.165, 1.54) is 6.07 Å². The van der Waals surface area contributed by atoms with Crippen molar-refractivity contribution in [2.24, 2.45) is 5.92 Å². The minimum absolute atomic E-state index is 0.0198. The SMILES string of the molecule is CC(C)C(=O)Cc1nc(-c2ccc(F)c(F)c2Br)no1. The van der Waals surface area contributed by atoms with Gasteiger partial charge in [-0.1, -0.05) is 19.0 Å². The molecule has 0 N–H and O–H groups in total. The molecule has 0 fully saturated rings. The molecule has 20 heavy (non-hydrogen) atoms. The standard InChI is InChI=1S/C13H11BrF2N2O2/c1-6(2)9(19)5-10-17-13(18-20-10)7-3-4-8(15)12(16)11(7)14/h3-4,6H,5H2,1-2H3. The third-order valence-corrected chi connectivity index (χ3v) is 3.49. The van der Waals surface area contributed by atoms with Gasteiger partial charge in [0.05, 0.1) is 10.9 Å². The monoisotopic (exact) mass is 344 g/mol. The molecule has 0 saturated carbocycles. The first-order valence-electron chi connectivity index (χ1n) is 5.89. The molecule has 1 heterocycles. The summed E-state index contributed by atoms with van der Waals surface area (Å²) in [6.45, 7) is 3.54. The highest BCUT2D eigenvalue weighted by atomic mass is 79.9. The molecule has 0 saturated heterocycles. The van der Waals surface area contributed by atoms with Crippen molar-refractivity contribution in [3.05, 3.63) is 34.1 Å². The average Bonchev–Trinajstić information content (AvgIpc) is 2.84. The zero-order valence-electron chi connectivity index (χ0n) is 10.8. The fourth-order valence-electron chi connectivity index (χ4n) is 1.49. The molecular formula is C13H11BrF2N2O2. The van der Waals surface area contributed by atoms with E-state index in [1.807, 2.05) is 0 Å². The average molecular weight is 345 g/mol. The van der Waals surface area contributed by atoms with E-state index in [0.29, 0.717) is 0 Å². The van der Waals surface area contributed by atoms with Crippen molar-refractivity contribution in [2.75, 3.05) is 0 Å². The molecule has 0 aliphatic carbocycles. The maximum Gasteiger partial charge on any atom is 0.234 e. The van der Waals surface area contributed by atoms with Crippen LogP contribution in [0.2, 0.25) is 0 Å². The Kier molecular flexibility index (Phi) is 4.27. The Morgan fingerprint density at radius 3 is 2.75 bits per heavy atom. The van der Waals surface area contributed by atoms with Crippen LogP contribution in [0.15, 0.2) is 21.1 Å². The highest BCUT2D eigenvalue weighted by Crippen LogP contribution is 2.30. The van der Waals surface area contributed by atoms with Gasteiger partial charge >= 0.3 is 0 Å². The molecule has 1 aromatic carbocycles. The van der Waals surface area contributed by atoms with Crippen molar-refractivity contribution in [1.29, 1.82) is 0 Å². The molecule has 2 rings (SSSR count). The van der Waals surface area contributed by atoms with Crippen molar-refractivity contribution in [2.45, 2.75) is 20.3 Å². The highest BCUT2D eigenvalue weighted by Gasteiger charge is 2.19. The topological polar surface area (TPSA) is 56.0 Å². The van der Waals surface area contributed by atoms with E-state index >= 15 is 0 Å². The first-order chi connectivity index (χ1) is 9.40. The molecule has 2 aromatic rings. The van der Waals surface area contributed by atoms with Crippen molar-refractivity contribution < 1.29 is 18.1 Å². The summed E-state index contributed by atoms with van der Waals surface area (Å²) in [6.07, 6.45) is 0.0198. The first kappa shape index (κ1) is 14.8. The van der Waals surface area contributed by atoms with Gasteiger partial charge in [-0.3, -0.25) is 4.79 Å². The molecule has 106 valence electrons. The van der Waals surface area contributed by atoms with Gasteiger partial charge in [-0.05, 0) is 28.1 Å². The summed E-state index contributed by atoms with van der Waals surface area (Å²) >= 11 is 2.95. The van der Waals surface area contributed by atoms with Crippen molar-refractivity contribution in [3.63, 3.8) is 0 Å². The Labute approximate surface area is 122 Å². The number of aromatic nitrogens is 2. The van der Waals surface area contributed by atoms with Crippen LogP contribution in [0.3, 0.4) is 0 Å². The maximum atomic E-state index is 13.4. The smallest absolute Gasteiger partial charge is 0.234 e. The fourth-order valence-corrected chi connectivity index (χ4v) is 1.99. The third kappa shape index (κ3) is 2.92. The van der Waals surface area contributed by atoms with E-state index in [-0.39, 0.29) is 39.9 Å². The first-order valence-corrected chi connectivity index (χ1v) is 6.68. The predicted octanol–water partition coefficient (Wildman–Crippen LogP) is 3.54. The van der Waals surface area contributed by atoms with Gasteiger partial charge in [-0.15, -0.1) is 0 Å². The summed E-state index contributed by atoms with van der Waals surface area (Å²) in [5.74, 6) is -1.92. The number of nitrogens with zero attached hydrogens (tertiary/aromatic N) is 2. The van der Waals surface area contributed by atoms with Gasteiger partial charge in [0.15, 0.2) is 11.6 Å². The number of hydrogen-bond acceptors (Lipinski definition) is 4. The number of hydrogen-bond donors (Lipinski definition) is 0. The summed E-state index contributed by atoms with van der Waals surface area (Å²) in [7, 11) is 0. The van der Waals surface area contributed by atoms with Gasteiger partial charge < -0.3 is 4.52 Å². The van der Waals surface area contributed by atoms with E-state index in [0.717, 1.165) is 6.07 Å². The Balaban J connectivity index is 2.30. The van der Waals surface area contributed by atoms with Crippen LogP contribution in [-0.2, 0) is 11.2 Å². The second kappa shape index (κ2) is 5.78. The number of carbonyl (C=O) groups excluding carboxylic acids is 1. The summed E-state index contributed by atoms with van der Waals surface area (Å²) in [5, 5.41) is 3.67. The summed E-state index contributed by atoms with van der Waals surface area (Å²) in [6, 6.07) is 2.31. The molecule has 0 bridgehead atoms. The van der Waals surface area contributed by atoms with Gasteiger partial charge in [0.2, 0.25) is 11.7 Å². The predicted molar refractivity (Wildman–Crippen MR) is 70.9 cm³/mol. The minimum Gasteiger partial charge on any atom is -0.338 e. The Bertz CT molecular complexity index is 656. The fraction of sp³-hybridized carbons (Fsp3) is 0.308. The van der Waals surface area contributed by atoms with Crippen LogP contribution in [0.4, 0.5) is 8.78 Å². The molecule has 0 atom stereocenters. The van der Waals surface area contributed by atoms with E-state index in [4.69, 9.17) is 4.52 Å². The quantitative estimate of drug-likeness (QED) is 0.796. The number of halogens is 3. The molecule has 0 radical (unpaired) electrons. The Hall–Kier alpha value is -1.63. The number of rotatable bonds is 4. The van der Waals surface area contributed by atoms with Crippen LogP contribution < -0.4 is 0 Å². The Morgan fingerprint density at radius 1 is 1.40 bits per heavy atom. The number of benzene rings is 1. The largest absolute Gasteiger partial charge is 0.338 e. The lowest BCUT2D eigenvalue weighted by atomic mass is 10.1. The van der Waals surface area contributed by atoms with Gasteiger partial charge in [0, 0.05) is 11.5 Å². The van der Waals surface area contributed by atoms with Crippen molar-refractivity contribution in [3.8, 4) is 11.4 Å². The van der Waals surface area contributed by atoms with Crippen LogP contribution in [0.5, 0.6) is 0 Å². The summed E-state index contributed by atoms with van der Waals surface area (Å²) < 4.78 is 31.3. The molecule has 4 nitrogen and oxygen atoms in total. The van der Waals surface area contributed by atoms with Crippen molar-refractivity contribution >= 4 is 21.7 Å². The van der Waals surface area contributed by atoms with Crippen LogP contribution in [0, 0.1) is 17.6 Å². The Morgan fingerprint density at radius 2 is 2.10 bits per heavy atom. The lowest BCUT2D eigenvalue weighted by Gasteiger charge is -2.01. The zero-order valence-corrected chi connectivity index (χ0v) is 12.4. The van der Waals surface area contributed by atoms with Crippen LogP contribution in [0.25, 0.3) is 11.4 Å². The third-order valence-electron chi connectivity index (χ3n) is 2.71. The van der Waals surface area contributed by atoms with E-state index in [2.05, 4.69) is 26.1 Å². The van der Waals surface area contributed by atoms with Gasteiger partial charge in [0.1, 0.15) is 5.78 Å². The molecule has 0 amide bonds. The summed E-state index contributed by atoms with van der Waals surface area (Å²) in [5.41, 5.74) is 0.260. The molecule has 0 spiro atoms. The summed E-state index contributed by atoms with van der Waals surface area (Å²) in [4.78, 5) is 15.6. The molecule has 0 aliphatic rings. The number of ketones is 1. The van der Waals surface area contributed by atoms with Crippen LogP contribution >= 0.6 is 15.9 Å². The lowest BCUT2D eigenvalue weighted by molar-refractivity contribution is -0.121. The second-order valence-electron chi connectivity index (χ2n) is 4.53. The molecular weight excluding hydrogens is 334 g/mol. The zero-order chi connectivity index (χ0) is 14.9. The van der Waals surface area contributed by atoms with Crippen LogP contribution in [-0.4, -0.2) is 15.9 Å². The van der Waals surface area contributed by atoms with E-state index < -0.39 is 11.6 Å². The maximum absolute atomic E-state index is 13.4. The lowest BCUT2D eigenvalue weighted by Crippen LogP contribution is -2.10. The molecule has 7 heteroatoms. The van der Waals surface area contributed by atoms with Gasteiger partial charge in [-0.25, -0.2) is 8.78 Å². The molecule has 1 aromatic heterocycles.